The maximum atomic E-state index is 8.78. The van der Waals surface area contributed by atoms with Crippen molar-refractivity contribution < 1.29 is 0 Å². The second kappa shape index (κ2) is 6.45. The van der Waals surface area contributed by atoms with Gasteiger partial charge < -0.3 is 4.90 Å². The van der Waals surface area contributed by atoms with Crippen LogP contribution in [0.5, 0.6) is 0 Å². The molecule has 1 aromatic heterocycles. The summed E-state index contributed by atoms with van der Waals surface area (Å²) in [5, 5.41) is 9.83. The lowest BCUT2D eigenvalue weighted by atomic mass is 10.0. The van der Waals surface area contributed by atoms with E-state index in [4.69, 9.17) is 10.2 Å². The van der Waals surface area contributed by atoms with E-state index in [-0.39, 0.29) is 0 Å². The van der Waals surface area contributed by atoms with Gasteiger partial charge >= 0.3 is 0 Å². The van der Waals surface area contributed by atoms with E-state index in [9.17, 15) is 0 Å². The van der Waals surface area contributed by atoms with Gasteiger partial charge in [-0.2, -0.15) is 5.26 Å². The van der Waals surface area contributed by atoms with Gasteiger partial charge in [-0.15, -0.1) is 0 Å². The van der Waals surface area contributed by atoms with Gasteiger partial charge in [0.25, 0.3) is 0 Å². The van der Waals surface area contributed by atoms with Gasteiger partial charge in [0.1, 0.15) is 0 Å². The summed E-state index contributed by atoms with van der Waals surface area (Å²) in [6.45, 7) is 2.68. The number of nitriles is 1. The van der Waals surface area contributed by atoms with E-state index in [1.807, 2.05) is 36.2 Å². The van der Waals surface area contributed by atoms with Gasteiger partial charge in [0.15, 0.2) is 0 Å². The Morgan fingerprint density at radius 3 is 2.61 bits per heavy atom. The van der Waals surface area contributed by atoms with E-state index in [0.717, 1.165) is 22.2 Å². The molecule has 0 atom stereocenters. The fourth-order valence-corrected chi connectivity index (χ4v) is 2.53. The highest BCUT2D eigenvalue weighted by Crippen LogP contribution is 2.28. The molecular formula is C19H18N4. The van der Waals surface area contributed by atoms with Crippen LogP contribution in [-0.4, -0.2) is 23.6 Å². The lowest BCUT2D eigenvalue weighted by Crippen LogP contribution is -2.21. The van der Waals surface area contributed by atoms with Crippen molar-refractivity contribution in [1.29, 1.82) is 5.26 Å². The van der Waals surface area contributed by atoms with Crippen LogP contribution in [0.3, 0.4) is 0 Å². The van der Waals surface area contributed by atoms with Gasteiger partial charge in [-0.25, -0.2) is 9.97 Å². The third kappa shape index (κ3) is 3.14. The first-order valence-electron chi connectivity index (χ1n) is 7.61. The Kier molecular flexibility index (Phi) is 4.20. The Labute approximate surface area is 136 Å². The Bertz CT molecular complexity index is 866. The first-order valence-corrected chi connectivity index (χ1v) is 7.61. The van der Waals surface area contributed by atoms with Gasteiger partial charge in [0.05, 0.1) is 23.7 Å². The number of hydrogen-bond acceptors (Lipinski definition) is 4. The van der Waals surface area contributed by atoms with Crippen LogP contribution in [-0.2, 0) is 0 Å². The zero-order valence-electron chi connectivity index (χ0n) is 13.3. The number of benzene rings is 2. The molecule has 3 aromatic rings. The van der Waals surface area contributed by atoms with Crippen LogP contribution in [0.1, 0.15) is 12.0 Å². The molecule has 0 bridgehead atoms. The SMILES string of the molecule is Cc1ccc2nc(N(C)CCC#N)nc(-c3ccccc3)c2c1. The van der Waals surface area contributed by atoms with Gasteiger partial charge in [-0.3, -0.25) is 0 Å². The van der Waals surface area contributed by atoms with Crippen molar-refractivity contribution in [3.05, 3.63) is 54.1 Å². The highest BCUT2D eigenvalue weighted by molar-refractivity contribution is 5.93. The minimum atomic E-state index is 0.451. The number of aryl methyl sites for hydroxylation is 1. The molecule has 4 nitrogen and oxygen atoms in total. The van der Waals surface area contributed by atoms with Crippen molar-refractivity contribution in [1.82, 2.24) is 9.97 Å². The molecule has 3 rings (SSSR count). The van der Waals surface area contributed by atoms with E-state index in [1.54, 1.807) is 0 Å². The molecule has 0 saturated heterocycles. The molecule has 0 amide bonds. The molecule has 0 saturated carbocycles. The molecule has 4 heteroatoms. The lowest BCUT2D eigenvalue weighted by molar-refractivity contribution is 0.865. The molecular weight excluding hydrogens is 284 g/mol. The Balaban J connectivity index is 2.19. The predicted molar refractivity (Wildman–Crippen MR) is 93.2 cm³/mol. The van der Waals surface area contributed by atoms with Crippen molar-refractivity contribution in [2.24, 2.45) is 0 Å². The van der Waals surface area contributed by atoms with Crippen molar-refractivity contribution in [3.63, 3.8) is 0 Å². The summed E-state index contributed by atoms with van der Waals surface area (Å²) < 4.78 is 0. The highest BCUT2D eigenvalue weighted by atomic mass is 15.2. The zero-order valence-corrected chi connectivity index (χ0v) is 13.3. The molecule has 2 aromatic carbocycles. The average Bonchev–Trinajstić information content (AvgIpc) is 2.59. The van der Waals surface area contributed by atoms with Gasteiger partial charge in [-0.05, 0) is 19.1 Å². The standard InChI is InChI=1S/C19H18N4/c1-14-9-10-17-16(13-14)18(15-7-4-3-5-8-15)22-19(21-17)23(2)12-6-11-20/h3-5,7-10,13H,6,12H2,1-2H3. The van der Waals surface area contributed by atoms with E-state index in [2.05, 4.69) is 42.2 Å². The van der Waals surface area contributed by atoms with Gasteiger partial charge in [0, 0.05) is 24.5 Å². The largest absolute Gasteiger partial charge is 0.343 e. The summed E-state index contributed by atoms with van der Waals surface area (Å²) in [6.07, 6.45) is 0.451. The molecule has 0 fully saturated rings. The molecule has 23 heavy (non-hydrogen) atoms. The van der Waals surface area contributed by atoms with E-state index >= 15 is 0 Å². The molecule has 0 aliphatic heterocycles. The Morgan fingerprint density at radius 2 is 1.87 bits per heavy atom. The minimum absolute atomic E-state index is 0.451. The maximum Gasteiger partial charge on any atom is 0.226 e. The monoisotopic (exact) mass is 302 g/mol. The van der Waals surface area contributed by atoms with E-state index in [0.29, 0.717) is 18.9 Å². The smallest absolute Gasteiger partial charge is 0.226 e. The zero-order chi connectivity index (χ0) is 16.2. The lowest BCUT2D eigenvalue weighted by Gasteiger charge is -2.17. The van der Waals surface area contributed by atoms with Crippen LogP contribution in [0, 0.1) is 18.3 Å². The average molecular weight is 302 g/mol. The van der Waals surface area contributed by atoms with E-state index in [1.165, 1.54) is 5.56 Å². The van der Waals surface area contributed by atoms with Crippen molar-refractivity contribution in [2.45, 2.75) is 13.3 Å². The number of aromatic nitrogens is 2. The summed E-state index contributed by atoms with van der Waals surface area (Å²) in [7, 11) is 1.92. The molecule has 0 N–H and O–H groups in total. The van der Waals surface area contributed by atoms with Crippen molar-refractivity contribution in [2.75, 3.05) is 18.5 Å². The first-order chi connectivity index (χ1) is 11.2. The fourth-order valence-electron chi connectivity index (χ4n) is 2.53. The molecule has 1 heterocycles. The van der Waals surface area contributed by atoms with Gasteiger partial charge in [-0.1, -0.05) is 42.0 Å². The predicted octanol–water partition coefficient (Wildman–Crippen LogP) is 3.96. The molecule has 0 aliphatic rings. The molecule has 0 spiro atoms. The third-order valence-electron chi connectivity index (χ3n) is 3.79. The van der Waals surface area contributed by atoms with Crippen LogP contribution in [0.2, 0.25) is 0 Å². The summed E-state index contributed by atoms with van der Waals surface area (Å²) in [5.41, 5.74) is 4.10. The second-order valence-electron chi connectivity index (χ2n) is 5.59. The van der Waals surface area contributed by atoms with E-state index < -0.39 is 0 Å². The fraction of sp³-hybridized carbons (Fsp3) is 0.211. The highest BCUT2D eigenvalue weighted by Gasteiger charge is 2.12. The van der Waals surface area contributed by atoms with Crippen LogP contribution < -0.4 is 4.90 Å². The molecule has 0 radical (unpaired) electrons. The van der Waals surface area contributed by atoms with Crippen LogP contribution in [0.4, 0.5) is 5.95 Å². The normalized spacial score (nSPS) is 10.5. The van der Waals surface area contributed by atoms with Crippen LogP contribution in [0.25, 0.3) is 22.2 Å². The number of fused-ring (bicyclic) bond motifs is 1. The summed E-state index contributed by atoms with van der Waals surface area (Å²) >= 11 is 0. The van der Waals surface area contributed by atoms with Crippen LogP contribution in [0.15, 0.2) is 48.5 Å². The Morgan fingerprint density at radius 1 is 1.09 bits per heavy atom. The second-order valence-corrected chi connectivity index (χ2v) is 5.59. The van der Waals surface area contributed by atoms with Crippen molar-refractivity contribution >= 4 is 16.9 Å². The third-order valence-corrected chi connectivity index (χ3v) is 3.79. The molecule has 0 unspecified atom stereocenters. The number of rotatable bonds is 4. The summed E-state index contributed by atoms with van der Waals surface area (Å²) in [5.74, 6) is 0.649. The van der Waals surface area contributed by atoms with Gasteiger partial charge in [0.2, 0.25) is 5.95 Å². The molecule has 0 aliphatic carbocycles. The number of hydrogen-bond donors (Lipinski definition) is 0. The van der Waals surface area contributed by atoms with Crippen molar-refractivity contribution in [3.8, 4) is 17.3 Å². The summed E-state index contributed by atoms with van der Waals surface area (Å²) in [4.78, 5) is 11.4. The summed E-state index contributed by atoms with van der Waals surface area (Å²) in [6, 6.07) is 18.5. The van der Waals surface area contributed by atoms with Crippen LogP contribution >= 0.6 is 0 Å². The Hall–Kier alpha value is -2.93. The number of nitrogens with zero attached hydrogens (tertiary/aromatic N) is 4. The first kappa shape index (κ1) is 15.0. The maximum absolute atomic E-state index is 8.78. The number of anilines is 1. The molecule has 114 valence electrons. The topological polar surface area (TPSA) is 52.8 Å². The quantitative estimate of drug-likeness (QED) is 0.732. The minimum Gasteiger partial charge on any atom is -0.343 e.